The van der Waals surface area contributed by atoms with Crippen molar-refractivity contribution in [2.75, 3.05) is 31.5 Å². The number of hydrogen-bond donors (Lipinski definition) is 1. The fraction of sp³-hybridized carbons (Fsp3) is 0.400. The summed E-state index contributed by atoms with van der Waals surface area (Å²) in [7, 11) is 0. The summed E-state index contributed by atoms with van der Waals surface area (Å²) < 4.78 is 7.60. The summed E-state index contributed by atoms with van der Waals surface area (Å²) in [5.41, 5.74) is 3.30. The minimum absolute atomic E-state index is 0.00698. The number of nitrogens with one attached hydrogen (secondary N) is 1. The van der Waals surface area contributed by atoms with E-state index in [1.54, 1.807) is 12.3 Å². The van der Waals surface area contributed by atoms with Crippen LogP contribution in [0.5, 0.6) is 0 Å². The van der Waals surface area contributed by atoms with Gasteiger partial charge < -0.3 is 13.9 Å². The molecule has 3 aromatic heterocycles. The molecule has 2 aliphatic heterocycles. The zero-order chi connectivity index (χ0) is 27.3. The van der Waals surface area contributed by atoms with Crippen molar-refractivity contribution < 1.29 is 14.0 Å². The molecule has 2 amide bonds. The van der Waals surface area contributed by atoms with E-state index in [1.807, 2.05) is 11.0 Å². The fourth-order valence-electron chi connectivity index (χ4n) is 6.70. The SMILES string of the molecule is C=CC(=O)N1CCC2(CC(n3c(NC(=O)c4ccc(-c5cnco5)s4)nc4cc(CN5CCCC5)ccc43)C2)C1. The second-order valence-electron chi connectivity index (χ2n) is 11.4. The number of fused-ring (bicyclic) bond motifs is 1. The number of carbonyl (C=O) groups excluding carboxylic acids is 2. The molecule has 9 nitrogen and oxygen atoms in total. The number of nitrogens with zero attached hydrogens (tertiary/aromatic N) is 5. The number of hydrogen-bond acceptors (Lipinski definition) is 7. The Hall–Kier alpha value is -3.76. The Morgan fingerprint density at radius 1 is 1.18 bits per heavy atom. The molecule has 1 aromatic carbocycles. The fourth-order valence-corrected chi connectivity index (χ4v) is 7.55. The smallest absolute Gasteiger partial charge is 0.268 e. The molecule has 7 rings (SSSR count). The van der Waals surface area contributed by atoms with Crippen molar-refractivity contribution in [1.29, 1.82) is 0 Å². The Labute approximate surface area is 236 Å². The van der Waals surface area contributed by atoms with Crippen molar-refractivity contribution in [3.05, 3.63) is 66.0 Å². The number of aromatic nitrogens is 3. The van der Waals surface area contributed by atoms with Crippen molar-refractivity contribution in [3.63, 3.8) is 0 Å². The monoisotopic (exact) mass is 556 g/mol. The van der Waals surface area contributed by atoms with Gasteiger partial charge in [0.15, 0.2) is 12.2 Å². The Kier molecular flexibility index (Phi) is 6.31. The van der Waals surface area contributed by atoms with E-state index in [4.69, 9.17) is 9.40 Å². The molecule has 3 fully saturated rings. The predicted octanol–water partition coefficient (Wildman–Crippen LogP) is 5.34. The van der Waals surface area contributed by atoms with Gasteiger partial charge >= 0.3 is 0 Å². The highest BCUT2D eigenvalue weighted by atomic mass is 32.1. The molecular weight excluding hydrogens is 524 g/mol. The van der Waals surface area contributed by atoms with E-state index in [1.165, 1.54) is 42.2 Å². The molecule has 0 unspecified atom stereocenters. The van der Waals surface area contributed by atoms with E-state index in [0.717, 1.165) is 67.9 Å². The van der Waals surface area contributed by atoms with Crippen LogP contribution in [0.25, 0.3) is 21.7 Å². The summed E-state index contributed by atoms with van der Waals surface area (Å²) >= 11 is 1.37. The molecule has 10 heteroatoms. The van der Waals surface area contributed by atoms with Crippen LogP contribution in [-0.4, -0.2) is 62.3 Å². The minimum atomic E-state index is -0.192. The van der Waals surface area contributed by atoms with Crippen LogP contribution < -0.4 is 5.32 Å². The highest BCUT2D eigenvalue weighted by Gasteiger charge is 2.50. The van der Waals surface area contributed by atoms with E-state index in [0.29, 0.717) is 16.6 Å². The van der Waals surface area contributed by atoms with Gasteiger partial charge in [-0.2, -0.15) is 0 Å². The van der Waals surface area contributed by atoms with Gasteiger partial charge in [-0.1, -0.05) is 12.6 Å². The van der Waals surface area contributed by atoms with Crippen LogP contribution in [0.4, 0.5) is 5.95 Å². The first-order chi connectivity index (χ1) is 19.5. The molecule has 4 aromatic rings. The molecule has 0 bridgehead atoms. The van der Waals surface area contributed by atoms with Crippen LogP contribution >= 0.6 is 11.3 Å². The van der Waals surface area contributed by atoms with Crippen molar-refractivity contribution in [2.24, 2.45) is 5.41 Å². The Balaban J connectivity index is 1.17. The molecule has 1 saturated carbocycles. The number of likely N-dealkylation sites (tertiary alicyclic amines) is 2. The van der Waals surface area contributed by atoms with Crippen molar-refractivity contribution in [1.82, 2.24) is 24.3 Å². The van der Waals surface area contributed by atoms with E-state index >= 15 is 0 Å². The van der Waals surface area contributed by atoms with Gasteiger partial charge in [0.1, 0.15) is 0 Å². The topological polar surface area (TPSA) is 96.5 Å². The second-order valence-corrected chi connectivity index (χ2v) is 12.5. The van der Waals surface area contributed by atoms with Gasteiger partial charge in [0.25, 0.3) is 5.91 Å². The third-order valence-electron chi connectivity index (χ3n) is 8.72. The molecule has 0 radical (unpaired) electrons. The lowest BCUT2D eigenvalue weighted by Gasteiger charge is -2.46. The first-order valence-electron chi connectivity index (χ1n) is 13.9. The summed E-state index contributed by atoms with van der Waals surface area (Å²) in [6.45, 7) is 8.39. The molecule has 0 atom stereocenters. The van der Waals surface area contributed by atoms with Gasteiger partial charge in [-0.3, -0.25) is 19.8 Å². The first-order valence-corrected chi connectivity index (χ1v) is 14.8. The lowest BCUT2D eigenvalue weighted by Crippen LogP contribution is -2.42. The summed E-state index contributed by atoms with van der Waals surface area (Å²) in [5, 5.41) is 3.12. The number of carbonyl (C=O) groups is 2. The molecule has 40 heavy (non-hydrogen) atoms. The van der Waals surface area contributed by atoms with Crippen LogP contribution in [0.3, 0.4) is 0 Å². The van der Waals surface area contributed by atoms with Crippen LogP contribution in [0.1, 0.15) is 53.4 Å². The largest absolute Gasteiger partial charge is 0.443 e. The predicted molar refractivity (Wildman–Crippen MR) is 154 cm³/mol. The summed E-state index contributed by atoms with van der Waals surface area (Å²) in [6.07, 6.45) is 9.85. The molecule has 1 N–H and O–H groups in total. The maximum Gasteiger partial charge on any atom is 0.268 e. The highest BCUT2D eigenvalue weighted by molar-refractivity contribution is 7.17. The highest BCUT2D eigenvalue weighted by Crippen LogP contribution is 2.55. The zero-order valence-electron chi connectivity index (χ0n) is 22.3. The van der Waals surface area contributed by atoms with E-state index in [2.05, 4.69) is 44.5 Å². The molecule has 2 saturated heterocycles. The maximum atomic E-state index is 13.4. The van der Waals surface area contributed by atoms with E-state index in [9.17, 15) is 9.59 Å². The quantitative estimate of drug-likeness (QED) is 0.309. The molecular formula is C30H32N6O3S. The lowest BCUT2D eigenvalue weighted by atomic mass is 9.64. The van der Waals surface area contributed by atoms with Gasteiger partial charge in [0, 0.05) is 25.7 Å². The molecule has 206 valence electrons. The summed E-state index contributed by atoms with van der Waals surface area (Å²) in [5.74, 6) is 1.03. The van der Waals surface area contributed by atoms with Crippen LogP contribution in [0.2, 0.25) is 0 Å². The van der Waals surface area contributed by atoms with Crippen LogP contribution in [0, 0.1) is 5.41 Å². The molecule has 1 aliphatic carbocycles. The van der Waals surface area contributed by atoms with E-state index in [-0.39, 0.29) is 23.3 Å². The third kappa shape index (κ3) is 4.54. The average Bonchev–Trinajstić information content (AvgIpc) is 3.76. The third-order valence-corrected chi connectivity index (χ3v) is 9.81. The zero-order valence-corrected chi connectivity index (χ0v) is 23.2. The van der Waals surface area contributed by atoms with Crippen molar-refractivity contribution in [3.8, 4) is 10.6 Å². The summed E-state index contributed by atoms with van der Waals surface area (Å²) in [6, 6.07) is 10.4. The Morgan fingerprint density at radius 2 is 2.02 bits per heavy atom. The van der Waals surface area contributed by atoms with Gasteiger partial charge in [-0.25, -0.2) is 9.97 Å². The normalized spacial score (nSPS) is 22.7. The molecule has 3 aliphatic rings. The molecule has 5 heterocycles. The maximum absolute atomic E-state index is 13.4. The number of benzene rings is 1. The minimum Gasteiger partial charge on any atom is -0.443 e. The number of anilines is 1. The standard InChI is InChI=1S/C30H32N6O3S/c1-2-27(37)35-12-9-30(18-35)14-21(15-30)36-23-6-5-20(17-34-10-3-4-11-34)13-22(23)32-29(36)33-28(38)26-8-7-25(40-26)24-16-31-19-39-24/h2,5-8,13,16,19,21H,1,3-4,9-12,14-15,17-18H2,(H,32,33,38). The van der Waals surface area contributed by atoms with Crippen LogP contribution in [-0.2, 0) is 11.3 Å². The number of amides is 2. The van der Waals surface area contributed by atoms with Gasteiger partial charge in [0.05, 0.1) is 27.0 Å². The number of thiophene rings is 1. The number of oxazole rings is 1. The molecule has 1 spiro atoms. The van der Waals surface area contributed by atoms with E-state index < -0.39 is 0 Å². The summed E-state index contributed by atoms with van der Waals surface area (Å²) in [4.78, 5) is 40.4. The Bertz CT molecular complexity index is 1580. The van der Waals surface area contributed by atoms with Gasteiger partial charge in [0.2, 0.25) is 11.9 Å². The Morgan fingerprint density at radius 3 is 2.80 bits per heavy atom. The second kappa shape index (κ2) is 10.0. The van der Waals surface area contributed by atoms with Crippen LogP contribution in [0.15, 0.2) is 60.0 Å². The number of rotatable bonds is 7. The number of imidazole rings is 1. The van der Waals surface area contributed by atoms with Gasteiger partial charge in [-0.15, -0.1) is 11.3 Å². The van der Waals surface area contributed by atoms with Gasteiger partial charge in [-0.05, 0) is 86.5 Å². The van der Waals surface area contributed by atoms with Crippen molar-refractivity contribution >= 4 is 40.1 Å². The average molecular weight is 557 g/mol. The van der Waals surface area contributed by atoms with Crippen molar-refractivity contribution in [2.45, 2.75) is 44.7 Å². The first kappa shape index (κ1) is 25.2. The lowest BCUT2D eigenvalue weighted by molar-refractivity contribution is -0.125.